The van der Waals surface area contributed by atoms with Crippen molar-refractivity contribution in [2.75, 3.05) is 18.4 Å². The number of thiazole rings is 1. The molecule has 0 unspecified atom stereocenters. The molecule has 0 aliphatic carbocycles. The maximum Gasteiger partial charge on any atom is 0.416 e. The zero-order valence-electron chi connectivity index (χ0n) is 19.4. The average molecular weight is 513 g/mol. The summed E-state index contributed by atoms with van der Waals surface area (Å²) in [4.78, 5) is 20.1. The SMILES string of the molecule is Cc1ccc(C(=O)Nc2cc(CN3CCCC3)cc(C(F)(F)F)c2)cc1-n1cc(-c2cncs2)nn1. The first-order valence-electron chi connectivity index (χ1n) is 11.4. The average Bonchev–Trinajstić information content (AvgIpc) is 3.61. The predicted molar refractivity (Wildman–Crippen MR) is 131 cm³/mol. The van der Waals surface area contributed by atoms with Gasteiger partial charge in [-0.2, -0.15) is 13.2 Å². The molecule has 2 aromatic carbocycles. The summed E-state index contributed by atoms with van der Waals surface area (Å²) in [5.74, 6) is -0.509. The summed E-state index contributed by atoms with van der Waals surface area (Å²) in [6.07, 6.45) is 1.00. The second-order valence-electron chi connectivity index (χ2n) is 8.77. The first-order valence-corrected chi connectivity index (χ1v) is 12.3. The van der Waals surface area contributed by atoms with E-state index in [1.165, 1.54) is 11.3 Å². The van der Waals surface area contributed by atoms with E-state index < -0.39 is 17.6 Å². The van der Waals surface area contributed by atoms with Crippen molar-refractivity contribution in [1.29, 1.82) is 0 Å². The molecule has 36 heavy (non-hydrogen) atoms. The van der Waals surface area contributed by atoms with Gasteiger partial charge in [0.05, 0.1) is 27.8 Å². The zero-order chi connectivity index (χ0) is 25.3. The minimum Gasteiger partial charge on any atom is -0.322 e. The van der Waals surface area contributed by atoms with E-state index in [0.29, 0.717) is 29.1 Å². The van der Waals surface area contributed by atoms with Crippen LogP contribution < -0.4 is 5.32 Å². The molecule has 0 radical (unpaired) electrons. The van der Waals surface area contributed by atoms with Crippen molar-refractivity contribution in [3.8, 4) is 16.3 Å². The van der Waals surface area contributed by atoms with Gasteiger partial charge >= 0.3 is 6.18 Å². The lowest BCUT2D eigenvalue weighted by molar-refractivity contribution is -0.137. The summed E-state index contributed by atoms with van der Waals surface area (Å²) < 4.78 is 42.3. The van der Waals surface area contributed by atoms with E-state index in [-0.39, 0.29) is 5.69 Å². The minimum absolute atomic E-state index is 0.111. The van der Waals surface area contributed by atoms with E-state index in [9.17, 15) is 18.0 Å². The van der Waals surface area contributed by atoms with Crippen LogP contribution in [-0.2, 0) is 12.7 Å². The summed E-state index contributed by atoms with van der Waals surface area (Å²) >= 11 is 1.44. The molecule has 1 fully saturated rings. The van der Waals surface area contributed by atoms with Gasteiger partial charge in [-0.1, -0.05) is 11.3 Å². The van der Waals surface area contributed by atoms with E-state index in [4.69, 9.17) is 0 Å². The van der Waals surface area contributed by atoms with Crippen molar-refractivity contribution in [3.05, 3.63) is 76.6 Å². The number of nitrogens with one attached hydrogen (secondary N) is 1. The molecule has 4 aromatic rings. The van der Waals surface area contributed by atoms with E-state index in [2.05, 4.69) is 25.5 Å². The van der Waals surface area contributed by atoms with Gasteiger partial charge in [0.25, 0.3) is 5.91 Å². The van der Waals surface area contributed by atoms with Crippen LogP contribution in [0.3, 0.4) is 0 Å². The Morgan fingerprint density at radius 2 is 1.94 bits per heavy atom. The number of likely N-dealkylation sites (tertiary alicyclic amines) is 1. The number of rotatable bonds is 6. The molecule has 0 spiro atoms. The highest BCUT2D eigenvalue weighted by molar-refractivity contribution is 7.13. The maximum atomic E-state index is 13.6. The second kappa shape index (κ2) is 9.82. The van der Waals surface area contributed by atoms with E-state index in [1.807, 2.05) is 6.92 Å². The molecular formula is C25H23F3N6OS. The zero-order valence-corrected chi connectivity index (χ0v) is 20.2. The molecule has 186 valence electrons. The van der Waals surface area contributed by atoms with Crippen molar-refractivity contribution >= 4 is 22.9 Å². The molecule has 1 aliphatic rings. The second-order valence-corrected chi connectivity index (χ2v) is 9.66. The smallest absolute Gasteiger partial charge is 0.322 e. The Labute approximate surface area is 209 Å². The molecule has 1 N–H and O–H groups in total. The van der Waals surface area contributed by atoms with E-state index >= 15 is 0 Å². The van der Waals surface area contributed by atoms with Crippen LogP contribution in [0, 0.1) is 6.92 Å². The van der Waals surface area contributed by atoms with Crippen LogP contribution in [0.2, 0.25) is 0 Å². The fraction of sp³-hybridized carbons (Fsp3) is 0.280. The van der Waals surface area contributed by atoms with Crippen LogP contribution in [0.4, 0.5) is 18.9 Å². The summed E-state index contributed by atoms with van der Waals surface area (Å²) in [6.45, 7) is 4.01. The Morgan fingerprint density at radius 1 is 1.14 bits per heavy atom. The molecule has 1 saturated heterocycles. The summed E-state index contributed by atoms with van der Waals surface area (Å²) in [5.41, 5.74) is 4.00. The number of amides is 1. The topological polar surface area (TPSA) is 75.9 Å². The van der Waals surface area contributed by atoms with Gasteiger partial charge in [0.2, 0.25) is 0 Å². The molecule has 2 aromatic heterocycles. The standard InChI is InChI=1S/C25H23F3N6OS/c1-16-4-5-18(10-22(16)34-14-21(31-32-34)23-12-29-15-36-23)24(35)30-20-9-17(13-33-6-2-3-7-33)8-19(11-20)25(26,27)28/h4-5,8-12,14-15H,2-3,6-7,13H2,1H3,(H,30,35). The van der Waals surface area contributed by atoms with Crippen LogP contribution in [0.1, 0.15) is 39.9 Å². The summed E-state index contributed by atoms with van der Waals surface area (Å²) in [7, 11) is 0. The molecule has 0 saturated carbocycles. The number of hydrogen-bond donors (Lipinski definition) is 1. The largest absolute Gasteiger partial charge is 0.416 e. The normalized spacial score (nSPS) is 14.3. The molecular weight excluding hydrogens is 489 g/mol. The fourth-order valence-corrected chi connectivity index (χ4v) is 4.83. The summed E-state index contributed by atoms with van der Waals surface area (Å²) in [5, 5.41) is 11.0. The van der Waals surface area contributed by atoms with Crippen LogP contribution in [0.25, 0.3) is 16.3 Å². The Kier molecular flexibility index (Phi) is 6.59. The minimum atomic E-state index is -4.51. The van der Waals surface area contributed by atoms with Crippen LogP contribution in [0.15, 0.2) is 54.3 Å². The monoisotopic (exact) mass is 512 g/mol. The Balaban J connectivity index is 1.40. The quantitative estimate of drug-likeness (QED) is 0.366. The number of nitrogens with zero attached hydrogens (tertiary/aromatic N) is 5. The van der Waals surface area contributed by atoms with Crippen molar-refractivity contribution in [2.45, 2.75) is 32.5 Å². The highest BCUT2D eigenvalue weighted by atomic mass is 32.1. The number of halogens is 3. The third-order valence-corrected chi connectivity index (χ3v) is 6.87. The molecule has 1 amide bonds. The number of hydrogen-bond acceptors (Lipinski definition) is 6. The fourth-order valence-electron chi connectivity index (χ4n) is 4.26. The number of anilines is 1. The van der Waals surface area contributed by atoms with E-state index in [0.717, 1.165) is 48.5 Å². The van der Waals surface area contributed by atoms with Gasteiger partial charge in [0.1, 0.15) is 5.69 Å². The first kappa shape index (κ1) is 24.1. The Hall–Kier alpha value is -3.57. The molecule has 11 heteroatoms. The van der Waals surface area contributed by atoms with E-state index in [1.54, 1.807) is 46.9 Å². The van der Waals surface area contributed by atoms with Crippen molar-refractivity contribution in [2.24, 2.45) is 0 Å². The highest BCUT2D eigenvalue weighted by Gasteiger charge is 2.31. The van der Waals surface area contributed by atoms with Crippen molar-refractivity contribution in [1.82, 2.24) is 24.9 Å². The summed E-state index contributed by atoms with van der Waals surface area (Å²) in [6, 6.07) is 8.79. The number of carbonyl (C=O) groups excluding carboxylic acids is 1. The Morgan fingerprint density at radius 3 is 2.67 bits per heavy atom. The molecule has 5 rings (SSSR count). The van der Waals surface area contributed by atoms with Crippen molar-refractivity contribution < 1.29 is 18.0 Å². The lowest BCUT2D eigenvalue weighted by Gasteiger charge is -2.18. The van der Waals surface area contributed by atoms with Crippen LogP contribution in [-0.4, -0.2) is 43.9 Å². The molecule has 1 aliphatic heterocycles. The Bertz CT molecular complexity index is 1380. The molecule has 7 nitrogen and oxygen atoms in total. The number of benzene rings is 2. The van der Waals surface area contributed by atoms with Crippen LogP contribution in [0.5, 0.6) is 0 Å². The highest BCUT2D eigenvalue weighted by Crippen LogP contribution is 2.33. The number of aryl methyl sites for hydroxylation is 1. The molecule has 3 heterocycles. The lowest BCUT2D eigenvalue weighted by Crippen LogP contribution is -2.20. The van der Waals surface area contributed by atoms with Crippen LogP contribution >= 0.6 is 11.3 Å². The third-order valence-electron chi connectivity index (χ3n) is 6.08. The predicted octanol–water partition coefficient (Wildman–Crippen LogP) is 5.57. The van der Waals surface area contributed by atoms with Crippen molar-refractivity contribution in [3.63, 3.8) is 0 Å². The number of alkyl halides is 3. The maximum absolute atomic E-state index is 13.6. The van der Waals surface area contributed by atoms with Gasteiger partial charge in [0, 0.05) is 24.0 Å². The third kappa shape index (κ3) is 5.31. The van der Waals surface area contributed by atoms with Gasteiger partial charge in [-0.05, 0) is 74.3 Å². The number of carbonyl (C=O) groups is 1. The molecule has 0 atom stereocenters. The van der Waals surface area contributed by atoms with Gasteiger partial charge < -0.3 is 5.32 Å². The first-order chi connectivity index (χ1) is 17.3. The van der Waals surface area contributed by atoms with Gasteiger partial charge in [-0.15, -0.1) is 16.4 Å². The molecule has 0 bridgehead atoms. The number of aromatic nitrogens is 4. The van der Waals surface area contributed by atoms with Gasteiger partial charge in [-0.3, -0.25) is 14.7 Å². The van der Waals surface area contributed by atoms with Gasteiger partial charge in [-0.25, -0.2) is 4.68 Å². The lowest BCUT2D eigenvalue weighted by atomic mass is 10.1. The van der Waals surface area contributed by atoms with Gasteiger partial charge in [0.15, 0.2) is 0 Å².